The van der Waals surface area contributed by atoms with Crippen molar-refractivity contribution in [2.75, 3.05) is 26.7 Å². The van der Waals surface area contributed by atoms with Crippen molar-refractivity contribution >= 4 is 41.5 Å². The molecular weight excluding hydrogens is 620 g/mol. The standard InChI is InChI=1S/C33H52N8O7/c1-4-6-7-8-9-10-17-48-28(43)19-25-30(45)37-20-22-13-11-14-23(18-22)29(44)40-24(5-2)32(47)41(3)26(15-12-16-36-33(34)35)31(46)38-21-27(42)39-25/h11,13-14,18,24-26H,4-10,12,15-17,19-21H2,1-3H3,(H,37,45)(H,38,46)(H,39,42)(H,40,44)(H4,34,35,36). The molecular formula is C33H52N8O7. The van der Waals surface area contributed by atoms with E-state index in [2.05, 4.69) is 33.2 Å². The normalized spacial score (nSPS) is 19.6. The number of ether oxygens (including phenoxy) is 1. The van der Waals surface area contributed by atoms with Gasteiger partial charge in [-0.3, -0.25) is 33.8 Å². The van der Waals surface area contributed by atoms with Crippen molar-refractivity contribution in [3.8, 4) is 0 Å². The average Bonchev–Trinajstić information content (AvgIpc) is 3.06. The second kappa shape index (κ2) is 21.2. The highest BCUT2D eigenvalue weighted by atomic mass is 16.5. The number of carbonyl (C=O) groups is 6. The quantitative estimate of drug-likeness (QED) is 0.0703. The molecule has 1 aromatic rings. The van der Waals surface area contributed by atoms with Crippen LogP contribution in [0.4, 0.5) is 0 Å². The van der Waals surface area contributed by atoms with Crippen LogP contribution in [0.2, 0.25) is 0 Å². The molecule has 48 heavy (non-hydrogen) atoms. The van der Waals surface area contributed by atoms with Crippen LogP contribution < -0.4 is 32.7 Å². The zero-order valence-electron chi connectivity index (χ0n) is 28.3. The molecule has 0 aliphatic carbocycles. The maximum absolute atomic E-state index is 13.5. The van der Waals surface area contributed by atoms with Crippen LogP contribution in [-0.2, 0) is 35.3 Å². The molecule has 0 saturated carbocycles. The van der Waals surface area contributed by atoms with Gasteiger partial charge in [0.15, 0.2) is 5.96 Å². The number of unbranched alkanes of at least 4 members (excludes halogenated alkanes) is 5. The summed E-state index contributed by atoms with van der Waals surface area (Å²) in [6.45, 7) is 3.73. The molecule has 8 N–H and O–H groups in total. The Morgan fingerprint density at radius 2 is 1.62 bits per heavy atom. The number of rotatable bonds is 14. The minimum absolute atomic E-state index is 0.00370. The van der Waals surface area contributed by atoms with E-state index in [1.165, 1.54) is 11.9 Å². The number of guanidine groups is 1. The van der Waals surface area contributed by atoms with Gasteiger partial charge in [0, 0.05) is 25.7 Å². The number of nitrogens with one attached hydrogen (secondary N) is 4. The number of esters is 1. The molecule has 266 valence electrons. The van der Waals surface area contributed by atoms with E-state index < -0.39 is 66.6 Å². The van der Waals surface area contributed by atoms with Crippen LogP contribution >= 0.6 is 0 Å². The maximum Gasteiger partial charge on any atom is 0.308 e. The Hall–Kier alpha value is -4.69. The Morgan fingerprint density at radius 1 is 0.917 bits per heavy atom. The van der Waals surface area contributed by atoms with E-state index in [4.69, 9.17) is 16.2 Å². The van der Waals surface area contributed by atoms with Gasteiger partial charge in [0.1, 0.15) is 18.1 Å². The predicted molar refractivity (Wildman–Crippen MR) is 180 cm³/mol. The average molecular weight is 673 g/mol. The molecule has 2 bridgehead atoms. The van der Waals surface area contributed by atoms with Crippen LogP contribution in [-0.4, -0.2) is 91.2 Å². The first-order chi connectivity index (χ1) is 23.0. The van der Waals surface area contributed by atoms with Crippen LogP contribution in [0.3, 0.4) is 0 Å². The number of likely N-dealkylation sites (N-methyl/N-ethyl adjacent to an activating group) is 1. The first-order valence-electron chi connectivity index (χ1n) is 16.7. The summed E-state index contributed by atoms with van der Waals surface area (Å²) in [5.74, 6) is -3.78. The Balaban J connectivity index is 2.28. The van der Waals surface area contributed by atoms with Gasteiger partial charge in [0.05, 0.1) is 19.6 Å². The topological polar surface area (TPSA) is 227 Å². The van der Waals surface area contributed by atoms with Crippen LogP contribution in [0.5, 0.6) is 0 Å². The van der Waals surface area contributed by atoms with Crippen molar-refractivity contribution in [2.45, 2.75) is 103 Å². The minimum atomic E-state index is -1.29. The number of nitrogens with two attached hydrogens (primary N) is 2. The maximum atomic E-state index is 13.5. The fourth-order valence-corrected chi connectivity index (χ4v) is 5.14. The van der Waals surface area contributed by atoms with E-state index in [9.17, 15) is 28.8 Å². The highest BCUT2D eigenvalue weighted by Crippen LogP contribution is 2.12. The molecule has 0 radical (unpaired) electrons. The summed E-state index contributed by atoms with van der Waals surface area (Å²) in [5.41, 5.74) is 11.7. The molecule has 15 heteroatoms. The largest absolute Gasteiger partial charge is 0.466 e. The van der Waals surface area contributed by atoms with Gasteiger partial charge >= 0.3 is 5.97 Å². The van der Waals surface area contributed by atoms with Crippen molar-refractivity contribution in [1.82, 2.24) is 26.2 Å². The molecule has 1 heterocycles. The van der Waals surface area contributed by atoms with E-state index in [1.807, 2.05) is 0 Å². The van der Waals surface area contributed by atoms with Crippen LogP contribution in [0.25, 0.3) is 0 Å². The first-order valence-corrected chi connectivity index (χ1v) is 16.7. The zero-order valence-corrected chi connectivity index (χ0v) is 28.3. The summed E-state index contributed by atoms with van der Waals surface area (Å²) >= 11 is 0. The predicted octanol–water partition coefficient (Wildman–Crippen LogP) is 0.600. The number of carbonyl (C=O) groups excluding carboxylic acids is 6. The highest BCUT2D eigenvalue weighted by molar-refractivity contribution is 5.99. The number of fused-ring (bicyclic) bond motifs is 2. The van der Waals surface area contributed by atoms with E-state index >= 15 is 0 Å². The molecule has 3 atom stereocenters. The van der Waals surface area contributed by atoms with Gasteiger partial charge in [-0.05, 0) is 43.4 Å². The van der Waals surface area contributed by atoms with Gasteiger partial charge in [0.25, 0.3) is 5.91 Å². The molecule has 15 nitrogen and oxygen atoms in total. The van der Waals surface area contributed by atoms with E-state index in [-0.39, 0.29) is 44.1 Å². The molecule has 0 aromatic heterocycles. The molecule has 0 saturated heterocycles. The molecule has 3 unspecified atom stereocenters. The SMILES string of the molecule is CCCCCCCCOC(=O)CC1NC(=O)CNC(=O)C(CCCN=C(N)N)N(C)C(=O)C(CC)NC(=O)c2cccc(c2)CNC1=O. The van der Waals surface area contributed by atoms with Crippen molar-refractivity contribution in [3.63, 3.8) is 0 Å². The third-order valence-electron chi connectivity index (χ3n) is 7.92. The molecule has 0 spiro atoms. The smallest absolute Gasteiger partial charge is 0.308 e. The van der Waals surface area contributed by atoms with Crippen LogP contribution in [0, 0.1) is 0 Å². The molecule has 1 aliphatic rings. The molecule has 2 rings (SSSR count). The van der Waals surface area contributed by atoms with Crippen LogP contribution in [0.15, 0.2) is 29.3 Å². The second-order valence-corrected chi connectivity index (χ2v) is 11.8. The van der Waals surface area contributed by atoms with E-state index in [0.29, 0.717) is 18.4 Å². The lowest BCUT2D eigenvalue weighted by atomic mass is 10.1. The van der Waals surface area contributed by atoms with Crippen molar-refractivity contribution < 1.29 is 33.5 Å². The Bertz CT molecular complexity index is 1280. The summed E-state index contributed by atoms with van der Waals surface area (Å²) in [7, 11) is 1.44. The van der Waals surface area contributed by atoms with Crippen molar-refractivity contribution in [2.24, 2.45) is 16.5 Å². The van der Waals surface area contributed by atoms with Gasteiger partial charge < -0.3 is 42.4 Å². The lowest BCUT2D eigenvalue weighted by Gasteiger charge is -2.30. The molecule has 1 aromatic carbocycles. The van der Waals surface area contributed by atoms with Gasteiger partial charge in [-0.25, -0.2) is 0 Å². The molecule has 5 amide bonds. The third kappa shape index (κ3) is 14.0. The van der Waals surface area contributed by atoms with Gasteiger partial charge in [-0.2, -0.15) is 0 Å². The number of amides is 5. The number of nitrogens with zero attached hydrogens (tertiary/aromatic N) is 2. The van der Waals surface area contributed by atoms with Crippen molar-refractivity contribution in [1.29, 1.82) is 0 Å². The third-order valence-corrected chi connectivity index (χ3v) is 7.92. The van der Waals surface area contributed by atoms with Crippen molar-refractivity contribution in [3.05, 3.63) is 35.4 Å². The summed E-state index contributed by atoms with van der Waals surface area (Å²) in [4.78, 5) is 84.1. The Morgan fingerprint density at radius 3 is 2.33 bits per heavy atom. The van der Waals surface area contributed by atoms with Gasteiger partial charge in [-0.1, -0.05) is 58.1 Å². The minimum Gasteiger partial charge on any atom is -0.466 e. The summed E-state index contributed by atoms with van der Waals surface area (Å²) < 4.78 is 5.33. The number of benzene rings is 1. The summed E-state index contributed by atoms with van der Waals surface area (Å²) in [5, 5.41) is 10.5. The van der Waals surface area contributed by atoms with Crippen LogP contribution in [0.1, 0.15) is 94.0 Å². The van der Waals surface area contributed by atoms with E-state index in [0.717, 1.165) is 32.1 Å². The zero-order chi connectivity index (χ0) is 35.5. The van der Waals surface area contributed by atoms with Gasteiger partial charge in [0.2, 0.25) is 23.6 Å². The number of aliphatic imine (C=N–C) groups is 1. The first kappa shape index (κ1) is 39.5. The fraction of sp³-hybridized carbons (Fsp3) is 0.606. The monoisotopic (exact) mass is 672 g/mol. The second-order valence-electron chi connectivity index (χ2n) is 11.8. The lowest BCUT2D eigenvalue weighted by molar-refractivity contribution is -0.146. The Kier molecular flexibility index (Phi) is 17.5. The molecule has 1 aliphatic heterocycles. The van der Waals surface area contributed by atoms with E-state index in [1.54, 1.807) is 31.2 Å². The highest BCUT2D eigenvalue weighted by Gasteiger charge is 2.32. The summed E-state index contributed by atoms with van der Waals surface area (Å²) in [6.07, 6.45) is 6.36. The summed E-state index contributed by atoms with van der Waals surface area (Å²) in [6, 6.07) is 3.22. The van der Waals surface area contributed by atoms with Gasteiger partial charge in [-0.15, -0.1) is 0 Å². The lowest BCUT2D eigenvalue weighted by Crippen LogP contribution is -2.55. The Labute approximate surface area is 282 Å². The molecule has 0 fully saturated rings. The fourth-order valence-electron chi connectivity index (χ4n) is 5.14. The number of hydrogen-bond donors (Lipinski definition) is 6. The number of hydrogen-bond acceptors (Lipinski definition) is 8.